The van der Waals surface area contributed by atoms with Gasteiger partial charge in [-0.3, -0.25) is 4.90 Å². The van der Waals surface area contributed by atoms with Crippen LogP contribution in [0.4, 0.5) is 0 Å². The minimum absolute atomic E-state index is 0.385. The topological polar surface area (TPSA) is 18.5 Å². The number of hydrogen-bond acceptors (Lipinski definition) is 3. The van der Waals surface area contributed by atoms with Gasteiger partial charge in [0, 0.05) is 45.3 Å². The number of piperazine rings is 1. The van der Waals surface area contributed by atoms with E-state index in [1.54, 1.807) is 0 Å². The standard InChI is InChI=1S/C14H31N3/c1-6-15-11-14(4,5)12-16-7-9-17(10-8-16)13(2)3/h13,15H,6-12H2,1-5H3. The first kappa shape index (κ1) is 14.9. The minimum atomic E-state index is 0.385. The Labute approximate surface area is 108 Å². The SMILES string of the molecule is CCNCC(C)(C)CN1CCN(C(C)C)CC1. The molecule has 1 saturated heterocycles. The van der Waals surface area contributed by atoms with Crippen LogP contribution in [-0.4, -0.2) is 61.7 Å². The molecule has 0 bridgehead atoms. The van der Waals surface area contributed by atoms with Gasteiger partial charge in [0.15, 0.2) is 0 Å². The summed E-state index contributed by atoms with van der Waals surface area (Å²) in [4.78, 5) is 5.20. The van der Waals surface area contributed by atoms with Crippen LogP contribution in [0.15, 0.2) is 0 Å². The Morgan fingerprint density at radius 1 is 1.12 bits per heavy atom. The van der Waals surface area contributed by atoms with Crippen LogP contribution >= 0.6 is 0 Å². The van der Waals surface area contributed by atoms with E-state index >= 15 is 0 Å². The van der Waals surface area contributed by atoms with Gasteiger partial charge in [-0.2, -0.15) is 0 Å². The minimum Gasteiger partial charge on any atom is -0.316 e. The van der Waals surface area contributed by atoms with Crippen LogP contribution in [0.5, 0.6) is 0 Å². The molecule has 0 amide bonds. The second-order valence-corrected chi connectivity index (χ2v) is 6.35. The molecule has 1 fully saturated rings. The number of hydrogen-bond donors (Lipinski definition) is 1. The van der Waals surface area contributed by atoms with E-state index in [1.165, 1.54) is 32.7 Å². The van der Waals surface area contributed by atoms with Crippen LogP contribution < -0.4 is 5.32 Å². The van der Waals surface area contributed by atoms with Crippen molar-refractivity contribution in [3.8, 4) is 0 Å². The summed E-state index contributed by atoms with van der Waals surface area (Å²) in [5, 5.41) is 3.47. The molecule has 0 atom stereocenters. The van der Waals surface area contributed by atoms with E-state index in [2.05, 4.69) is 49.7 Å². The molecule has 1 aliphatic rings. The zero-order chi connectivity index (χ0) is 12.9. The van der Waals surface area contributed by atoms with E-state index in [-0.39, 0.29) is 0 Å². The van der Waals surface area contributed by atoms with Crippen molar-refractivity contribution in [2.75, 3.05) is 45.8 Å². The van der Waals surface area contributed by atoms with Gasteiger partial charge in [0.05, 0.1) is 0 Å². The summed E-state index contributed by atoms with van der Waals surface area (Å²) >= 11 is 0. The lowest BCUT2D eigenvalue weighted by molar-refractivity contribution is 0.0803. The molecule has 0 radical (unpaired) electrons. The third-order valence-electron chi connectivity index (χ3n) is 3.64. The van der Waals surface area contributed by atoms with Crippen LogP contribution in [0, 0.1) is 5.41 Å². The van der Waals surface area contributed by atoms with Gasteiger partial charge in [-0.1, -0.05) is 20.8 Å². The van der Waals surface area contributed by atoms with Crippen molar-refractivity contribution in [2.45, 2.75) is 40.7 Å². The lowest BCUT2D eigenvalue weighted by Crippen LogP contribution is -2.52. The summed E-state index contributed by atoms with van der Waals surface area (Å²) in [5.74, 6) is 0. The largest absolute Gasteiger partial charge is 0.316 e. The monoisotopic (exact) mass is 241 g/mol. The maximum Gasteiger partial charge on any atom is 0.0113 e. The van der Waals surface area contributed by atoms with Crippen molar-refractivity contribution in [3.63, 3.8) is 0 Å². The van der Waals surface area contributed by atoms with E-state index in [9.17, 15) is 0 Å². The second-order valence-electron chi connectivity index (χ2n) is 6.35. The molecular weight excluding hydrogens is 210 g/mol. The Morgan fingerprint density at radius 2 is 1.71 bits per heavy atom. The summed E-state index contributed by atoms with van der Waals surface area (Å²) in [6.45, 7) is 19.8. The van der Waals surface area contributed by atoms with Crippen molar-refractivity contribution < 1.29 is 0 Å². The fourth-order valence-electron chi connectivity index (χ4n) is 2.56. The summed E-state index contributed by atoms with van der Waals surface area (Å²) in [6.07, 6.45) is 0. The normalized spacial score (nSPS) is 20.1. The molecular formula is C14H31N3. The highest BCUT2D eigenvalue weighted by Crippen LogP contribution is 2.17. The molecule has 0 aromatic rings. The highest BCUT2D eigenvalue weighted by Gasteiger charge is 2.25. The van der Waals surface area contributed by atoms with Crippen molar-refractivity contribution in [2.24, 2.45) is 5.41 Å². The quantitative estimate of drug-likeness (QED) is 0.763. The first-order valence-corrected chi connectivity index (χ1v) is 7.12. The molecule has 3 nitrogen and oxygen atoms in total. The van der Waals surface area contributed by atoms with Gasteiger partial charge in [-0.25, -0.2) is 0 Å². The Bertz CT molecular complexity index is 206. The second kappa shape index (κ2) is 6.72. The molecule has 1 heterocycles. The fraction of sp³-hybridized carbons (Fsp3) is 1.00. The van der Waals surface area contributed by atoms with Gasteiger partial charge in [0.2, 0.25) is 0 Å². The van der Waals surface area contributed by atoms with E-state index in [4.69, 9.17) is 0 Å². The molecule has 0 aromatic heterocycles. The maximum absolute atomic E-state index is 3.47. The Balaban J connectivity index is 2.29. The summed E-state index contributed by atoms with van der Waals surface area (Å²) in [5.41, 5.74) is 0.385. The maximum atomic E-state index is 3.47. The molecule has 0 unspecified atom stereocenters. The van der Waals surface area contributed by atoms with Crippen molar-refractivity contribution in [1.82, 2.24) is 15.1 Å². The van der Waals surface area contributed by atoms with Crippen LogP contribution in [0.25, 0.3) is 0 Å². The van der Waals surface area contributed by atoms with Gasteiger partial charge in [0.1, 0.15) is 0 Å². The first-order valence-electron chi connectivity index (χ1n) is 7.12. The van der Waals surface area contributed by atoms with Crippen LogP contribution in [-0.2, 0) is 0 Å². The van der Waals surface area contributed by atoms with Gasteiger partial charge in [0.25, 0.3) is 0 Å². The first-order chi connectivity index (χ1) is 7.94. The zero-order valence-corrected chi connectivity index (χ0v) is 12.4. The smallest absolute Gasteiger partial charge is 0.0113 e. The lowest BCUT2D eigenvalue weighted by Gasteiger charge is -2.40. The Hall–Kier alpha value is -0.120. The molecule has 0 aromatic carbocycles. The van der Waals surface area contributed by atoms with Gasteiger partial charge in [-0.05, 0) is 25.8 Å². The van der Waals surface area contributed by atoms with Gasteiger partial charge in [-0.15, -0.1) is 0 Å². The molecule has 1 rings (SSSR count). The highest BCUT2D eigenvalue weighted by atomic mass is 15.3. The molecule has 1 N–H and O–H groups in total. The van der Waals surface area contributed by atoms with Crippen molar-refractivity contribution >= 4 is 0 Å². The van der Waals surface area contributed by atoms with E-state index < -0.39 is 0 Å². The fourth-order valence-corrected chi connectivity index (χ4v) is 2.56. The summed E-state index contributed by atoms with van der Waals surface area (Å²) in [6, 6.07) is 0.701. The van der Waals surface area contributed by atoms with Crippen LogP contribution in [0.2, 0.25) is 0 Å². The molecule has 0 spiro atoms. The Kier molecular flexibility index (Phi) is 5.90. The molecule has 0 saturated carbocycles. The van der Waals surface area contributed by atoms with Gasteiger partial charge >= 0.3 is 0 Å². The third-order valence-corrected chi connectivity index (χ3v) is 3.64. The molecule has 3 heteroatoms. The van der Waals surface area contributed by atoms with E-state index in [0.29, 0.717) is 11.5 Å². The Morgan fingerprint density at radius 3 is 2.18 bits per heavy atom. The lowest BCUT2D eigenvalue weighted by atomic mass is 9.92. The van der Waals surface area contributed by atoms with Gasteiger partial charge < -0.3 is 10.2 Å². The molecule has 0 aliphatic carbocycles. The summed E-state index contributed by atoms with van der Waals surface area (Å²) < 4.78 is 0. The zero-order valence-electron chi connectivity index (χ0n) is 12.4. The van der Waals surface area contributed by atoms with Crippen LogP contribution in [0.3, 0.4) is 0 Å². The molecule has 17 heavy (non-hydrogen) atoms. The van der Waals surface area contributed by atoms with Crippen LogP contribution in [0.1, 0.15) is 34.6 Å². The number of nitrogens with one attached hydrogen (secondary N) is 1. The number of rotatable bonds is 6. The van der Waals surface area contributed by atoms with E-state index in [0.717, 1.165) is 13.1 Å². The molecule has 102 valence electrons. The third kappa shape index (κ3) is 5.36. The summed E-state index contributed by atoms with van der Waals surface area (Å²) in [7, 11) is 0. The molecule has 1 aliphatic heterocycles. The van der Waals surface area contributed by atoms with Crippen molar-refractivity contribution in [3.05, 3.63) is 0 Å². The van der Waals surface area contributed by atoms with E-state index in [1.807, 2.05) is 0 Å². The average Bonchev–Trinajstić information content (AvgIpc) is 2.26. The predicted molar refractivity (Wildman–Crippen MR) is 75.5 cm³/mol. The predicted octanol–water partition coefficient (Wildman–Crippen LogP) is 1.65. The average molecular weight is 241 g/mol. The van der Waals surface area contributed by atoms with Crippen molar-refractivity contribution in [1.29, 1.82) is 0 Å². The number of nitrogens with zero attached hydrogens (tertiary/aromatic N) is 2. The highest BCUT2D eigenvalue weighted by molar-refractivity contribution is 4.80.